The lowest BCUT2D eigenvalue weighted by atomic mass is 10.3. The first-order chi connectivity index (χ1) is 8.70. The zero-order chi connectivity index (χ0) is 13.0. The van der Waals surface area contributed by atoms with Gasteiger partial charge in [-0.1, -0.05) is 18.5 Å². The van der Waals surface area contributed by atoms with Crippen LogP contribution in [-0.2, 0) is 13.2 Å². The van der Waals surface area contributed by atoms with Crippen LogP contribution in [0.25, 0.3) is 0 Å². The molecule has 0 aliphatic carbocycles. The number of nitrogens with zero attached hydrogens (tertiary/aromatic N) is 3. The summed E-state index contributed by atoms with van der Waals surface area (Å²) in [6.07, 6.45) is 2.45. The standard InChI is InChI=1S/C12H13ClFN3O/c1-2-5-17-12(15-8-16-17)7-18-9-3-4-10(13)11(14)6-9/h3-4,6,8H,2,5,7H2,1H3. The van der Waals surface area contributed by atoms with Crippen molar-refractivity contribution in [3.63, 3.8) is 0 Å². The largest absolute Gasteiger partial charge is 0.486 e. The molecule has 0 N–H and O–H groups in total. The minimum atomic E-state index is -0.496. The number of hydrogen-bond donors (Lipinski definition) is 0. The number of benzene rings is 1. The predicted octanol–water partition coefficient (Wildman–Crippen LogP) is 3.06. The highest BCUT2D eigenvalue weighted by atomic mass is 35.5. The van der Waals surface area contributed by atoms with E-state index in [0.29, 0.717) is 11.6 Å². The van der Waals surface area contributed by atoms with E-state index < -0.39 is 5.82 Å². The highest BCUT2D eigenvalue weighted by Gasteiger charge is 2.06. The van der Waals surface area contributed by atoms with Crippen LogP contribution in [0.3, 0.4) is 0 Å². The number of hydrogen-bond acceptors (Lipinski definition) is 3. The predicted molar refractivity (Wildman–Crippen MR) is 66.1 cm³/mol. The Bertz CT molecular complexity index is 530. The molecule has 0 aliphatic rings. The third-order valence-corrected chi connectivity index (χ3v) is 2.70. The average molecular weight is 270 g/mol. The minimum Gasteiger partial charge on any atom is -0.486 e. The summed E-state index contributed by atoms with van der Waals surface area (Å²) >= 11 is 5.59. The number of rotatable bonds is 5. The van der Waals surface area contributed by atoms with E-state index in [1.165, 1.54) is 18.5 Å². The van der Waals surface area contributed by atoms with E-state index in [1.54, 1.807) is 10.7 Å². The maximum atomic E-state index is 13.2. The molecule has 0 saturated heterocycles. The smallest absolute Gasteiger partial charge is 0.164 e. The summed E-state index contributed by atoms with van der Waals surface area (Å²) in [6, 6.07) is 4.33. The molecule has 0 aliphatic heterocycles. The van der Waals surface area contributed by atoms with Gasteiger partial charge in [-0.05, 0) is 18.6 Å². The van der Waals surface area contributed by atoms with Crippen LogP contribution < -0.4 is 4.74 Å². The van der Waals surface area contributed by atoms with Crippen molar-refractivity contribution in [2.75, 3.05) is 0 Å². The van der Waals surface area contributed by atoms with Crippen LogP contribution in [0, 0.1) is 5.82 Å². The van der Waals surface area contributed by atoms with E-state index in [1.807, 2.05) is 0 Å². The van der Waals surface area contributed by atoms with Crippen molar-refractivity contribution >= 4 is 11.6 Å². The molecule has 2 rings (SSSR count). The van der Waals surface area contributed by atoms with Gasteiger partial charge in [0, 0.05) is 12.6 Å². The average Bonchev–Trinajstić information content (AvgIpc) is 2.79. The Labute approximate surface area is 109 Å². The number of aromatic nitrogens is 3. The Morgan fingerprint density at radius 1 is 1.44 bits per heavy atom. The Hall–Kier alpha value is -1.62. The molecule has 96 valence electrons. The third kappa shape index (κ3) is 2.98. The second-order valence-corrected chi connectivity index (χ2v) is 4.17. The van der Waals surface area contributed by atoms with Gasteiger partial charge in [0.05, 0.1) is 5.02 Å². The van der Waals surface area contributed by atoms with Crippen LogP contribution in [-0.4, -0.2) is 14.8 Å². The van der Waals surface area contributed by atoms with Crippen molar-refractivity contribution in [3.05, 3.63) is 41.2 Å². The van der Waals surface area contributed by atoms with Crippen molar-refractivity contribution in [1.29, 1.82) is 0 Å². The van der Waals surface area contributed by atoms with Gasteiger partial charge in [-0.2, -0.15) is 5.10 Å². The summed E-state index contributed by atoms with van der Waals surface area (Å²) in [7, 11) is 0. The lowest BCUT2D eigenvalue weighted by molar-refractivity contribution is 0.285. The van der Waals surface area contributed by atoms with E-state index in [0.717, 1.165) is 13.0 Å². The lowest BCUT2D eigenvalue weighted by Gasteiger charge is -2.07. The Kier molecular flexibility index (Phi) is 4.15. The quantitative estimate of drug-likeness (QED) is 0.837. The van der Waals surface area contributed by atoms with Crippen LogP contribution in [0.4, 0.5) is 4.39 Å². The van der Waals surface area contributed by atoms with Gasteiger partial charge >= 0.3 is 0 Å². The maximum absolute atomic E-state index is 13.2. The SMILES string of the molecule is CCCn1ncnc1COc1ccc(Cl)c(F)c1. The molecule has 0 fully saturated rings. The van der Waals surface area contributed by atoms with Gasteiger partial charge in [-0.15, -0.1) is 0 Å². The molecule has 1 aromatic carbocycles. The summed E-state index contributed by atoms with van der Waals surface area (Å²) in [4.78, 5) is 4.10. The highest BCUT2D eigenvalue weighted by Crippen LogP contribution is 2.20. The topological polar surface area (TPSA) is 39.9 Å². The zero-order valence-corrected chi connectivity index (χ0v) is 10.7. The molecule has 0 spiro atoms. The van der Waals surface area contributed by atoms with Crippen LogP contribution >= 0.6 is 11.6 Å². The summed E-state index contributed by atoms with van der Waals surface area (Å²) in [5.74, 6) is 0.638. The van der Waals surface area contributed by atoms with Crippen molar-refractivity contribution in [3.8, 4) is 5.75 Å². The van der Waals surface area contributed by atoms with Crippen molar-refractivity contribution < 1.29 is 9.13 Å². The van der Waals surface area contributed by atoms with Crippen LogP contribution in [0.1, 0.15) is 19.2 Å². The van der Waals surface area contributed by atoms with Crippen LogP contribution in [0.15, 0.2) is 24.5 Å². The molecule has 1 heterocycles. The summed E-state index contributed by atoms with van der Waals surface area (Å²) in [5.41, 5.74) is 0. The van der Waals surface area contributed by atoms with Crippen LogP contribution in [0.2, 0.25) is 5.02 Å². The van der Waals surface area contributed by atoms with E-state index in [2.05, 4.69) is 17.0 Å². The van der Waals surface area contributed by atoms with E-state index in [-0.39, 0.29) is 11.6 Å². The number of ether oxygens (including phenoxy) is 1. The van der Waals surface area contributed by atoms with E-state index >= 15 is 0 Å². The Morgan fingerprint density at radius 2 is 2.28 bits per heavy atom. The molecule has 0 amide bonds. The van der Waals surface area contributed by atoms with Crippen molar-refractivity contribution in [2.45, 2.75) is 26.5 Å². The maximum Gasteiger partial charge on any atom is 0.164 e. The van der Waals surface area contributed by atoms with E-state index in [9.17, 15) is 4.39 Å². The molecule has 0 bridgehead atoms. The number of halogens is 2. The fourth-order valence-electron chi connectivity index (χ4n) is 1.51. The fraction of sp³-hybridized carbons (Fsp3) is 0.333. The first-order valence-corrected chi connectivity index (χ1v) is 6.03. The molecule has 1 aromatic heterocycles. The van der Waals surface area contributed by atoms with E-state index in [4.69, 9.17) is 16.3 Å². The summed E-state index contributed by atoms with van der Waals surface area (Å²) < 4.78 is 20.4. The van der Waals surface area contributed by atoms with Gasteiger partial charge in [0.1, 0.15) is 24.5 Å². The van der Waals surface area contributed by atoms with Gasteiger partial charge in [0.25, 0.3) is 0 Å². The summed E-state index contributed by atoms with van der Waals surface area (Å²) in [6.45, 7) is 3.09. The highest BCUT2D eigenvalue weighted by molar-refractivity contribution is 6.30. The Morgan fingerprint density at radius 3 is 3.00 bits per heavy atom. The van der Waals surface area contributed by atoms with Gasteiger partial charge < -0.3 is 4.74 Å². The molecule has 2 aromatic rings. The van der Waals surface area contributed by atoms with Gasteiger partial charge in [0.2, 0.25) is 0 Å². The third-order valence-electron chi connectivity index (χ3n) is 2.39. The van der Waals surface area contributed by atoms with Gasteiger partial charge in [-0.25, -0.2) is 14.1 Å². The molecular formula is C12H13ClFN3O. The molecule has 0 unspecified atom stereocenters. The molecule has 0 radical (unpaired) electrons. The Balaban J connectivity index is 2.02. The number of aryl methyl sites for hydroxylation is 1. The molecule has 0 saturated carbocycles. The first-order valence-electron chi connectivity index (χ1n) is 5.65. The van der Waals surface area contributed by atoms with Crippen molar-refractivity contribution in [2.24, 2.45) is 0 Å². The van der Waals surface area contributed by atoms with Crippen LogP contribution in [0.5, 0.6) is 5.75 Å². The molecular weight excluding hydrogens is 257 g/mol. The van der Waals surface area contributed by atoms with Crippen molar-refractivity contribution in [1.82, 2.24) is 14.8 Å². The lowest BCUT2D eigenvalue weighted by Crippen LogP contribution is -2.08. The molecule has 6 heteroatoms. The zero-order valence-electron chi connectivity index (χ0n) is 9.94. The molecule has 0 atom stereocenters. The second-order valence-electron chi connectivity index (χ2n) is 3.76. The second kappa shape index (κ2) is 5.82. The first kappa shape index (κ1) is 12.8. The molecule has 4 nitrogen and oxygen atoms in total. The summed E-state index contributed by atoms with van der Waals surface area (Å²) in [5, 5.41) is 4.16. The van der Waals surface area contributed by atoms with Gasteiger partial charge in [-0.3, -0.25) is 0 Å². The molecule has 18 heavy (non-hydrogen) atoms. The monoisotopic (exact) mass is 269 g/mol. The normalized spacial score (nSPS) is 10.6. The van der Waals surface area contributed by atoms with Gasteiger partial charge in [0.15, 0.2) is 5.82 Å². The minimum absolute atomic E-state index is 0.0801. The fourth-order valence-corrected chi connectivity index (χ4v) is 1.63.